The number of hydrogen-bond acceptors (Lipinski definition) is 4. The van der Waals surface area contributed by atoms with Crippen LogP contribution in [0.3, 0.4) is 0 Å². The van der Waals surface area contributed by atoms with Crippen LogP contribution in [0.4, 0.5) is 0 Å². The smallest absolute Gasteiger partial charge is 0.328 e. The summed E-state index contributed by atoms with van der Waals surface area (Å²) >= 11 is 0. The van der Waals surface area contributed by atoms with Gasteiger partial charge in [-0.3, -0.25) is 0 Å². The fourth-order valence-electron chi connectivity index (χ4n) is 1.60. The number of benzene rings is 1. The molecule has 2 rings (SSSR count). The van der Waals surface area contributed by atoms with Gasteiger partial charge in [0.05, 0.1) is 6.20 Å². The maximum atomic E-state index is 10.5. The second-order valence-corrected chi connectivity index (χ2v) is 4.15. The lowest BCUT2D eigenvalue weighted by Crippen LogP contribution is -1.91. The van der Waals surface area contributed by atoms with Crippen LogP contribution in [0, 0.1) is 6.92 Å². The molecular formula is C15H13NO4. The molecule has 0 saturated carbocycles. The molecule has 0 bridgehead atoms. The molecule has 5 heteroatoms. The maximum Gasteiger partial charge on any atom is 0.328 e. The summed E-state index contributed by atoms with van der Waals surface area (Å²) in [6, 6.07) is 8.36. The van der Waals surface area contributed by atoms with Crippen molar-refractivity contribution in [2.24, 2.45) is 0 Å². The highest BCUT2D eigenvalue weighted by Crippen LogP contribution is 2.25. The average molecular weight is 271 g/mol. The van der Waals surface area contributed by atoms with E-state index in [4.69, 9.17) is 14.9 Å². The monoisotopic (exact) mass is 271 g/mol. The maximum absolute atomic E-state index is 10.5. The number of aromatic nitrogens is 1. The number of carboxylic acid groups (broad SMARTS) is 1. The zero-order valence-electron chi connectivity index (χ0n) is 10.8. The summed E-state index contributed by atoms with van der Waals surface area (Å²) in [7, 11) is 0. The molecule has 0 aliphatic heterocycles. The molecule has 1 aromatic carbocycles. The van der Waals surface area contributed by atoms with E-state index in [2.05, 4.69) is 4.98 Å². The van der Waals surface area contributed by atoms with Crippen LogP contribution in [0.25, 0.3) is 6.08 Å². The highest BCUT2D eigenvalue weighted by atomic mass is 16.5. The van der Waals surface area contributed by atoms with Crippen LogP contribution in [-0.2, 0) is 4.79 Å². The number of carbonyl (C=O) groups is 1. The molecule has 1 heterocycles. The molecule has 0 amide bonds. The molecule has 0 atom stereocenters. The molecule has 20 heavy (non-hydrogen) atoms. The van der Waals surface area contributed by atoms with E-state index in [0.29, 0.717) is 11.6 Å². The molecule has 0 aliphatic carbocycles. The van der Waals surface area contributed by atoms with Gasteiger partial charge in [0.2, 0.25) is 5.88 Å². The van der Waals surface area contributed by atoms with Crippen LogP contribution in [0.1, 0.15) is 11.1 Å². The third-order valence-corrected chi connectivity index (χ3v) is 2.55. The Labute approximate surface area is 115 Å². The van der Waals surface area contributed by atoms with Crippen LogP contribution in [0.2, 0.25) is 0 Å². The quantitative estimate of drug-likeness (QED) is 0.836. The average Bonchev–Trinajstić information content (AvgIpc) is 2.41. The van der Waals surface area contributed by atoms with Gasteiger partial charge in [0.25, 0.3) is 0 Å². The molecule has 0 radical (unpaired) electrons. The summed E-state index contributed by atoms with van der Waals surface area (Å²) < 4.78 is 5.58. The first-order valence-corrected chi connectivity index (χ1v) is 5.89. The first kappa shape index (κ1) is 13.6. The Balaban J connectivity index is 2.17. The van der Waals surface area contributed by atoms with Gasteiger partial charge in [0.1, 0.15) is 11.5 Å². The van der Waals surface area contributed by atoms with E-state index in [1.54, 1.807) is 18.2 Å². The second kappa shape index (κ2) is 5.88. The summed E-state index contributed by atoms with van der Waals surface area (Å²) in [5.74, 6) is 0.0786. The summed E-state index contributed by atoms with van der Waals surface area (Å²) in [5, 5.41) is 17.7. The minimum absolute atomic E-state index is 0.0724. The lowest BCUT2D eigenvalue weighted by Gasteiger charge is -2.08. The van der Waals surface area contributed by atoms with Crippen molar-refractivity contribution in [3.8, 4) is 17.4 Å². The zero-order chi connectivity index (χ0) is 14.5. The van der Waals surface area contributed by atoms with Gasteiger partial charge < -0.3 is 14.9 Å². The topological polar surface area (TPSA) is 79.7 Å². The number of pyridine rings is 1. The summed E-state index contributed by atoms with van der Waals surface area (Å²) in [4.78, 5) is 14.4. The number of carboxylic acids is 1. The highest BCUT2D eigenvalue weighted by Gasteiger charge is 2.03. The lowest BCUT2D eigenvalue weighted by molar-refractivity contribution is -0.131. The van der Waals surface area contributed by atoms with Gasteiger partial charge in [-0.05, 0) is 42.3 Å². The van der Waals surface area contributed by atoms with Gasteiger partial charge >= 0.3 is 5.97 Å². The van der Waals surface area contributed by atoms with Gasteiger partial charge in [-0.2, -0.15) is 0 Å². The Morgan fingerprint density at radius 1 is 1.30 bits per heavy atom. The Bertz CT molecular complexity index is 647. The van der Waals surface area contributed by atoms with E-state index in [-0.39, 0.29) is 5.75 Å². The Morgan fingerprint density at radius 3 is 2.70 bits per heavy atom. The minimum atomic E-state index is -0.990. The number of rotatable bonds is 4. The molecule has 0 spiro atoms. The van der Waals surface area contributed by atoms with Crippen LogP contribution in [0.15, 0.2) is 42.6 Å². The van der Waals surface area contributed by atoms with E-state index in [1.807, 2.05) is 13.0 Å². The number of ether oxygens (including phenoxy) is 1. The van der Waals surface area contributed by atoms with Gasteiger partial charge in [0, 0.05) is 12.1 Å². The fraction of sp³-hybridized carbons (Fsp3) is 0.0667. The van der Waals surface area contributed by atoms with E-state index >= 15 is 0 Å². The number of aromatic hydroxyl groups is 1. The van der Waals surface area contributed by atoms with Gasteiger partial charge in [-0.25, -0.2) is 9.78 Å². The van der Waals surface area contributed by atoms with E-state index in [1.165, 1.54) is 18.3 Å². The van der Waals surface area contributed by atoms with Gasteiger partial charge in [0.15, 0.2) is 0 Å². The van der Waals surface area contributed by atoms with E-state index < -0.39 is 5.97 Å². The predicted molar refractivity (Wildman–Crippen MR) is 73.8 cm³/mol. The number of aryl methyl sites for hydroxylation is 1. The SMILES string of the molecule is Cc1cc(C=CC(=O)O)ccc1Oc1ccc(O)cn1. The molecular weight excluding hydrogens is 258 g/mol. The van der Waals surface area contributed by atoms with E-state index in [9.17, 15) is 4.79 Å². The summed E-state index contributed by atoms with van der Waals surface area (Å²) in [5.41, 5.74) is 1.63. The van der Waals surface area contributed by atoms with Crippen molar-refractivity contribution in [2.75, 3.05) is 0 Å². The minimum Gasteiger partial charge on any atom is -0.506 e. The second-order valence-electron chi connectivity index (χ2n) is 4.15. The van der Waals surface area contributed by atoms with Gasteiger partial charge in [-0.15, -0.1) is 0 Å². The number of hydrogen-bond donors (Lipinski definition) is 2. The zero-order valence-corrected chi connectivity index (χ0v) is 10.8. The summed E-state index contributed by atoms with van der Waals surface area (Å²) in [6.07, 6.45) is 3.89. The van der Waals surface area contributed by atoms with Crippen molar-refractivity contribution < 1.29 is 19.7 Å². The summed E-state index contributed by atoms with van der Waals surface area (Å²) in [6.45, 7) is 1.86. The molecule has 0 unspecified atom stereocenters. The molecule has 102 valence electrons. The first-order valence-electron chi connectivity index (χ1n) is 5.89. The van der Waals surface area contributed by atoms with Gasteiger partial charge in [-0.1, -0.05) is 6.07 Å². The third kappa shape index (κ3) is 3.58. The predicted octanol–water partition coefficient (Wildman–Crippen LogP) is 2.99. The molecule has 2 aromatic rings. The lowest BCUT2D eigenvalue weighted by atomic mass is 10.1. The molecule has 0 aliphatic rings. The van der Waals surface area contributed by atoms with Crippen molar-refractivity contribution in [2.45, 2.75) is 6.92 Å². The number of aliphatic carboxylic acids is 1. The molecule has 5 nitrogen and oxygen atoms in total. The van der Waals surface area contributed by atoms with E-state index in [0.717, 1.165) is 17.2 Å². The van der Waals surface area contributed by atoms with Crippen LogP contribution < -0.4 is 4.74 Å². The Hall–Kier alpha value is -2.82. The molecule has 2 N–H and O–H groups in total. The first-order chi connectivity index (χ1) is 9.54. The third-order valence-electron chi connectivity index (χ3n) is 2.55. The number of nitrogens with zero attached hydrogens (tertiary/aromatic N) is 1. The van der Waals surface area contributed by atoms with Crippen molar-refractivity contribution in [1.29, 1.82) is 0 Å². The molecule has 1 aromatic heterocycles. The standard InChI is InChI=1S/C15H13NO4/c1-10-8-11(3-7-15(18)19)2-5-13(10)20-14-6-4-12(17)9-16-14/h2-9,17H,1H3,(H,18,19). The van der Waals surface area contributed by atoms with Crippen LogP contribution in [0.5, 0.6) is 17.4 Å². The fourth-order valence-corrected chi connectivity index (χ4v) is 1.60. The molecule has 0 saturated heterocycles. The largest absolute Gasteiger partial charge is 0.506 e. The van der Waals surface area contributed by atoms with Crippen molar-refractivity contribution in [3.05, 3.63) is 53.7 Å². The molecule has 0 fully saturated rings. The normalized spacial score (nSPS) is 10.7. The Kier molecular flexibility index (Phi) is 4.00. The van der Waals surface area contributed by atoms with Crippen molar-refractivity contribution in [1.82, 2.24) is 4.98 Å². The highest BCUT2D eigenvalue weighted by molar-refractivity contribution is 5.85. The van der Waals surface area contributed by atoms with Crippen LogP contribution in [-0.4, -0.2) is 21.2 Å². The van der Waals surface area contributed by atoms with Crippen LogP contribution >= 0.6 is 0 Å². The Morgan fingerprint density at radius 2 is 2.10 bits per heavy atom. The van der Waals surface area contributed by atoms with Crippen molar-refractivity contribution in [3.63, 3.8) is 0 Å². The van der Waals surface area contributed by atoms with Crippen molar-refractivity contribution >= 4 is 12.0 Å².